The predicted molar refractivity (Wildman–Crippen MR) is 71.6 cm³/mol. The highest BCUT2D eigenvalue weighted by atomic mass is 16.5. The van der Waals surface area contributed by atoms with Gasteiger partial charge in [0.2, 0.25) is 5.91 Å². The summed E-state index contributed by atoms with van der Waals surface area (Å²) in [6.45, 7) is 0.410. The molecule has 0 radical (unpaired) electrons. The fraction of sp³-hybridized carbons (Fsp3) is 0.308. The van der Waals surface area contributed by atoms with Gasteiger partial charge in [-0.2, -0.15) is 5.10 Å². The third kappa shape index (κ3) is 3.62. The lowest BCUT2D eigenvalue weighted by atomic mass is 10.2. The molecule has 1 heterocycles. The van der Waals surface area contributed by atoms with Crippen molar-refractivity contribution in [3.05, 3.63) is 30.6 Å². The van der Waals surface area contributed by atoms with Gasteiger partial charge in [-0.05, 0) is 12.1 Å². The number of nitrogens with one attached hydrogen (secondary N) is 1. The molecule has 0 aliphatic heterocycles. The number of anilines is 1. The number of aromatic nitrogens is 3. The first-order valence-electron chi connectivity index (χ1n) is 5.94. The van der Waals surface area contributed by atoms with E-state index in [9.17, 15) is 4.79 Å². The third-order valence-electron chi connectivity index (χ3n) is 2.54. The van der Waals surface area contributed by atoms with Gasteiger partial charge in [-0.25, -0.2) is 4.98 Å². The molecule has 6 heteroatoms. The van der Waals surface area contributed by atoms with Gasteiger partial charge in [0.05, 0.1) is 13.0 Å². The minimum absolute atomic E-state index is 0.0759. The van der Waals surface area contributed by atoms with Crippen LogP contribution in [0, 0.1) is 0 Å². The molecule has 0 bridgehead atoms. The zero-order chi connectivity index (χ0) is 13.7. The van der Waals surface area contributed by atoms with Gasteiger partial charge in [0.15, 0.2) is 5.82 Å². The number of hydrogen-bond acceptors (Lipinski definition) is 4. The minimum Gasteiger partial charge on any atom is -0.384 e. The Balaban J connectivity index is 2.09. The molecule has 0 fully saturated rings. The van der Waals surface area contributed by atoms with Crippen molar-refractivity contribution in [3.8, 4) is 11.4 Å². The normalized spacial score (nSPS) is 10.4. The van der Waals surface area contributed by atoms with Gasteiger partial charge in [-0.15, -0.1) is 0 Å². The maximum Gasteiger partial charge on any atom is 0.226 e. The topological polar surface area (TPSA) is 69.0 Å². The number of hydrogen-bond donors (Lipinski definition) is 1. The molecule has 1 amide bonds. The van der Waals surface area contributed by atoms with Crippen molar-refractivity contribution in [2.45, 2.75) is 6.42 Å². The van der Waals surface area contributed by atoms with E-state index in [0.29, 0.717) is 18.9 Å². The average molecular weight is 260 g/mol. The molecule has 1 N–H and O–H groups in total. The molecule has 0 saturated carbocycles. The van der Waals surface area contributed by atoms with E-state index < -0.39 is 0 Å². The van der Waals surface area contributed by atoms with E-state index in [0.717, 1.165) is 11.3 Å². The van der Waals surface area contributed by atoms with E-state index in [1.165, 1.54) is 0 Å². The van der Waals surface area contributed by atoms with Crippen LogP contribution in [0.5, 0.6) is 0 Å². The van der Waals surface area contributed by atoms with Crippen molar-refractivity contribution >= 4 is 11.6 Å². The highest BCUT2D eigenvalue weighted by Gasteiger charge is 2.06. The fourth-order valence-corrected chi connectivity index (χ4v) is 1.63. The summed E-state index contributed by atoms with van der Waals surface area (Å²) < 4.78 is 6.50. The first-order valence-corrected chi connectivity index (χ1v) is 5.94. The summed E-state index contributed by atoms with van der Waals surface area (Å²) in [4.78, 5) is 15.8. The second kappa shape index (κ2) is 6.10. The van der Waals surface area contributed by atoms with E-state index in [-0.39, 0.29) is 5.91 Å². The summed E-state index contributed by atoms with van der Waals surface area (Å²) >= 11 is 0. The molecule has 2 aromatic rings. The molecule has 100 valence electrons. The van der Waals surface area contributed by atoms with Gasteiger partial charge < -0.3 is 10.1 Å². The number of ether oxygens (including phenoxy) is 1. The lowest BCUT2D eigenvalue weighted by molar-refractivity contribution is -0.117. The van der Waals surface area contributed by atoms with Crippen LogP contribution in [0.15, 0.2) is 30.6 Å². The number of amides is 1. The lowest BCUT2D eigenvalue weighted by Crippen LogP contribution is -2.13. The Morgan fingerprint density at radius 1 is 1.47 bits per heavy atom. The number of nitrogens with zero attached hydrogens (tertiary/aromatic N) is 3. The number of carbonyl (C=O) groups excluding carboxylic acids is 1. The van der Waals surface area contributed by atoms with Gasteiger partial charge in [0, 0.05) is 25.4 Å². The molecule has 1 aromatic heterocycles. The van der Waals surface area contributed by atoms with E-state index in [1.54, 1.807) is 18.1 Å². The van der Waals surface area contributed by atoms with Crippen molar-refractivity contribution < 1.29 is 9.53 Å². The largest absolute Gasteiger partial charge is 0.384 e. The summed E-state index contributed by atoms with van der Waals surface area (Å²) in [6.07, 6.45) is 1.97. The van der Waals surface area contributed by atoms with E-state index >= 15 is 0 Å². The highest BCUT2D eigenvalue weighted by molar-refractivity contribution is 5.91. The first kappa shape index (κ1) is 13.2. The van der Waals surface area contributed by atoms with Crippen molar-refractivity contribution in [2.75, 3.05) is 19.0 Å². The number of methoxy groups -OCH3 is 1. The Morgan fingerprint density at radius 3 is 3.00 bits per heavy atom. The van der Waals surface area contributed by atoms with Crippen molar-refractivity contribution in [3.63, 3.8) is 0 Å². The predicted octanol–water partition coefficient (Wildman–Crippen LogP) is 1.46. The molecular formula is C13H16N4O2. The molecule has 0 atom stereocenters. The smallest absolute Gasteiger partial charge is 0.226 e. The number of carbonyl (C=O) groups is 1. The van der Waals surface area contributed by atoms with E-state index in [4.69, 9.17) is 4.74 Å². The average Bonchev–Trinajstić information content (AvgIpc) is 2.83. The van der Waals surface area contributed by atoms with Gasteiger partial charge in [-0.1, -0.05) is 12.1 Å². The fourth-order valence-electron chi connectivity index (χ4n) is 1.63. The van der Waals surface area contributed by atoms with E-state index in [1.807, 2.05) is 31.3 Å². The Bertz CT molecular complexity index is 565. The van der Waals surface area contributed by atoms with Crippen LogP contribution < -0.4 is 5.32 Å². The van der Waals surface area contributed by atoms with Crippen LogP contribution in [0.25, 0.3) is 11.4 Å². The molecule has 0 aliphatic carbocycles. The van der Waals surface area contributed by atoms with Crippen LogP contribution in [0.3, 0.4) is 0 Å². The van der Waals surface area contributed by atoms with Crippen molar-refractivity contribution in [2.24, 2.45) is 7.05 Å². The first-order chi connectivity index (χ1) is 9.19. The molecule has 0 spiro atoms. The molecule has 2 rings (SSSR count). The maximum absolute atomic E-state index is 11.6. The molecule has 0 unspecified atom stereocenters. The number of aryl methyl sites for hydroxylation is 1. The zero-order valence-corrected chi connectivity index (χ0v) is 11.0. The van der Waals surface area contributed by atoms with Gasteiger partial charge in [-0.3, -0.25) is 9.48 Å². The van der Waals surface area contributed by atoms with E-state index in [2.05, 4.69) is 15.4 Å². The Hall–Kier alpha value is -2.21. The second-order valence-corrected chi connectivity index (χ2v) is 4.11. The summed E-state index contributed by atoms with van der Waals surface area (Å²) in [6, 6.07) is 7.44. The summed E-state index contributed by atoms with van der Waals surface area (Å²) in [7, 11) is 3.38. The number of benzene rings is 1. The quantitative estimate of drug-likeness (QED) is 0.883. The van der Waals surface area contributed by atoms with Crippen LogP contribution in [-0.2, 0) is 16.6 Å². The number of rotatable bonds is 5. The van der Waals surface area contributed by atoms with Crippen LogP contribution in [0.2, 0.25) is 0 Å². The van der Waals surface area contributed by atoms with Crippen LogP contribution in [0.1, 0.15) is 6.42 Å². The van der Waals surface area contributed by atoms with Crippen molar-refractivity contribution in [1.29, 1.82) is 0 Å². The molecule has 6 nitrogen and oxygen atoms in total. The monoisotopic (exact) mass is 260 g/mol. The van der Waals surface area contributed by atoms with Crippen LogP contribution >= 0.6 is 0 Å². The molecular weight excluding hydrogens is 244 g/mol. The Labute approximate surface area is 111 Å². The summed E-state index contributed by atoms with van der Waals surface area (Å²) in [5, 5.41) is 7.04. The van der Waals surface area contributed by atoms with Gasteiger partial charge in [0.1, 0.15) is 6.33 Å². The van der Waals surface area contributed by atoms with Gasteiger partial charge >= 0.3 is 0 Å². The van der Waals surface area contributed by atoms with Crippen LogP contribution in [-0.4, -0.2) is 34.4 Å². The van der Waals surface area contributed by atoms with Crippen LogP contribution in [0.4, 0.5) is 5.69 Å². The zero-order valence-electron chi connectivity index (χ0n) is 11.0. The Morgan fingerprint density at radius 2 is 2.32 bits per heavy atom. The summed E-state index contributed by atoms with van der Waals surface area (Å²) in [5.41, 5.74) is 1.59. The standard InChI is InChI=1S/C13H16N4O2/c1-17-9-14-13(16-17)10-4-3-5-11(8-10)15-12(18)6-7-19-2/h3-5,8-9H,6-7H2,1-2H3,(H,15,18). The third-order valence-corrected chi connectivity index (χ3v) is 2.54. The Kier molecular flexibility index (Phi) is 4.25. The summed E-state index contributed by atoms with van der Waals surface area (Å²) in [5.74, 6) is 0.559. The molecule has 19 heavy (non-hydrogen) atoms. The molecule has 0 aliphatic rings. The molecule has 1 aromatic carbocycles. The second-order valence-electron chi connectivity index (χ2n) is 4.11. The SMILES string of the molecule is COCCC(=O)Nc1cccc(-c2ncn(C)n2)c1. The van der Waals surface area contributed by atoms with Crippen molar-refractivity contribution in [1.82, 2.24) is 14.8 Å². The highest BCUT2D eigenvalue weighted by Crippen LogP contribution is 2.19. The molecule has 0 saturated heterocycles. The minimum atomic E-state index is -0.0759. The maximum atomic E-state index is 11.6. The lowest BCUT2D eigenvalue weighted by Gasteiger charge is -2.05. The van der Waals surface area contributed by atoms with Gasteiger partial charge in [0.25, 0.3) is 0 Å².